The minimum Gasteiger partial charge on any atom is -0.345 e. The molecule has 2 N–H and O–H groups in total. The fourth-order valence-electron chi connectivity index (χ4n) is 1.93. The van der Waals surface area contributed by atoms with Gasteiger partial charge >= 0.3 is 0 Å². The Hall–Kier alpha value is -1.55. The van der Waals surface area contributed by atoms with E-state index in [4.69, 9.17) is 0 Å². The van der Waals surface area contributed by atoms with E-state index in [1.54, 1.807) is 6.33 Å². The predicted molar refractivity (Wildman–Crippen MR) is 69.9 cm³/mol. The highest BCUT2D eigenvalue weighted by Crippen LogP contribution is 2.22. The van der Waals surface area contributed by atoms with E-state index in [-0.39, 0.29) is 0 Å². The topological polar surface area (TPSA) is 44.0 Å². The molecule has 0 saturated heterocycles. The van der Waals surface area contributed by atoms with E-state index < -0.39 is 0 Å². The highest BCUT2D eigenvalue weighted by Gasteiger charge is 2.13. The van der Waals surface area contributed by atoms with Crippen molar-refractivity contribution in [3.8, 4) is 0 Å². The molecular weight excluding hydrogens is 212 g/mol. The van der Waals surface area contributed by atoms with Crippen LogP contribution in [0.5, 0.6) is 0 Å². The van der Waals surface area contributed by atoms with Crippen LogP contribution >= 0.6 is 0 Å². The average molecular weight is 232 g/mol. The fourth-order valence-corrected chi connectivity index (χ4v) is 1.93. The lowest BCUT2D eigenvalue weighted by atomic mass is 10.1. The van der Waals surface area contributed by atoms with Crippen LogP contribution in [0.15, 0.2) is 30.4 Å². The number of hydrogen-bond acceptors (Lipinski definition) is 3. The number of imidazole rings is 1. The number of aromatic amines is 1. The lowest BCUT2D eigenvalue weighted by Gasteiger charge is -2.29. The van der Waals surface area contributed by atoms with Crippen LogP contribution < -0.4 is 5.43 Å². The summed E-state index contributed by atoms with van der Waals surface area (Å²) in [5.74, 6) is 0. The molecule has 4 heteroatoms. The normalized spacial score (nSPS) is 15.8. The van der Waals surface area contributed by atoms with Gasteiger partial charge in [0.15, 0.2) is 0 Å². The third-order valence-electron chi connectivity index (χ3n) is 2.89. The van der Waals surface area contributed by atoms with Crippen molar-refractivity contribution in [2.75, 3.05) is 13.1 Å². The standard InChI is InChI=1S/C13H20N4/c1-3-6-16-17-7-5-11(8-12(17)4-2)13-9-14-10-15-13/h5,8-10,16H,3-4,6-7H2,1-2H3,(H,14,15). The largest absolute Gasteiger partial charge is 0.345 e. The zero-order chi connectivity index (χ0) is 12.1. The second-order valence-corrected chi connectivity index (χ2v) is 4.13. The second kappa shape index (κ2) is 5.68. The molecule has 0 amide bonds. The molecular formula is C13H20N4. The van der Waals surface area contributed by atoms with Crippen molar-refractivity contribution in [2.45, 2.75) is 26.7 Å². The minimum absolute atomic E-state index is 0.911. The lowest BCUT2D eigenvalue weighted by Crippen LogP contribution is -2.39. The molecule has 0 radical (unpaired) electrons. The Kier molecular flexibility index (Phi) is 3.98. The molecule has 2 rings (SSSR count). The van der Waals surface area contributed by atoms with Crippen LogP contribution in [-0.2, 0) is 0 Å². The van der Waals surface area contributed by atoms with E-state index in [0.29, 0.717) is 0 Å². The van der Waals surface area contributed by atoms with Gasteiger partial charge in [0.1, 0.15) is 0 Å². The minimum atomic E-state index is 0.911. The molecule has 0 aromatic carbocycles. The predicted octanol–water partition coefficient (Wildman–Crippen LogP) is 2.32. The molecule has 17 heavy (non-hydrogen) atoms. The number of H-pyrrole nitrogens is 1. The van der Waals surface area contributed by atoms with Gasteiger partial charge in [-0.15, -0.1) is 0 Å². The van der Waals surface area contributed by atoms with Gasteiger partial charge < -0.3 is 9.99 Å². The second-order valence-electron chi connectivity index (χ2n) is 4.13. The summed E-state index contributed by atoms with van der Waals surface area (Å²) in [7, 11) is 0. The average Bonchev–Trinajstić information content (AvgIpc) is 2.90. The van der Waals surface area contributed by atoms with E-state index >= 15 is 0 Å². The van der Waals surface area contributed by atoms with E-state index in [9.17, 15) is 0 Å². The van der Waals surface area contributed by atoms with Crippen molar-refractivity contribution in [3.05, 3.63) is 36.1 Å². The Morgan fingerprint density at radius 3 is 3.00 bits per heavy atom. The molecule has 92 valence electrons. The summed E-state index contributed by atoms with van der Waals surface area (Å²) in [6.07, 6.45) is 10.2. The van der Waals surface area contributed by atoms with E-state index in [0.717, 1.165) is 31.6 Å². The monoisotopic (exact) mass is 232 g/mol. The quantitative estimate of drug-likeness (QED) is 0.819. The van der Waals surface area contributed by atoms with Crippen LogP contribution in [0.3, 0.4) is 0 Å². The number of rotatable bonds is 5. The van der Waals surface area contributed by atoms with Gasteiger partial charge in [-0.2, -0.15) is 0 Å². The maximum absolute atomic E-state index is 4.06. The smallest absolute Gasteiger partial charge is 0.0924 e. The Morgan fingerprint density at radius 2 is 2.35 bits per heavy atom. The number of allylic oxidation sites excluding steroid dienone is 3. The van der Waals surface area contributed by atoms with Gasteiger partial charge in [0, 0.05) is 12.2 Å². The van der Waals surface area contributed by atoms with Crippen LogP contribution in [-0.4, -0.2) is 28.1 Å². The molecule has 2 heterocycles. The summed E-state index contributed by atoms with van der Waals surface area (Å²) in [5, 5.41) is 2.23. The summed E-state index contributed by atoms with van der Waals surface area (Å²) in [5.41, 5.74) is 7.08. The van der Waals surface area contributed by atoms with Crippen molar-refractivity contribution < 1.29 is 0 Å². The van der Waals surface area contributed by atoms with Gasteiger partial charge in [0.05, 0.1) is 24.8 Å². The van der Waals surface area contributed by atoms with E-state index in [2.05, 4.69) is 46.4 Å². The first-order valence-corrected chi connectivity index (χ1v) is 6.25. The van der Waals surface area contributed by atoms with Gasteiger partial charge in [0.25, 0.3) is 0 Å². The zero-order valence-electron chi connectivity index (χ0n) is 10.5. The Bertz CT molecular complexity index is 403. The molecule has 1 aromatic rings. The van der Waals surface area contributed by atoms with Gasteiger partial charge in [-0.05, 0) is 24.5 Å². The molecule has 4 nitrogen and oxygen atoms in total. The summed E-state index contributed by atoms with van der Waals surface area (Å²) < 4.78 is 0. The van der Waals surface area contributed by atoms with Gasteiger partial charge in [0.2, 0.25) is 0 Å². The first-order valence-electron chi connectivity index (χ1n) is 6.25. The number of aromatic nitrogens is 2. The maximum atomic E-state index is 4.06. The first-order chi connectivity index (χ1) is 8.35. The third kappa shape index (κ3) is 2.77. The van der Waals surface area contributed by atoms with Crippen LogP contribution in [0.2, 0.25) is 0 Å². The highest BCUT2D eigenvalue weighted by atomic mass is 15.5. The molecule has 1 aliphatic heterocycles. The van der Waals surface area contributed by atoms with Crippen molar-refractivity contribution in [3.63, 3.8) is 0 Å². The van der Waals surface area contributed by atoms with Crippen molar-refractivity contribution in [2.24, 2.45) is 0 Å². The molecule has 1 aliphatic rings. The van der Waals surface area contributed by atoms with E-state index in [1.165, 1.54) is 11.3 Å². The maximum Gasteiger partial charge on any atom is 0.0924 e. The fraction of sp³-hybridized carbons (Fsp3) is 0.462. The van der Waals surface area contributed by atoms with Gasteiger partial charge in [-0.3, -0.25) is 0 Å². The summed E-state index contributed by atoms with van der Waals surface area (Å²) in [4.78, 5) is 7.21. The summed E-state index contributed by atoms with van der Waals surface area (Å²) >= 11 is 0. The molecule has 0 spiro atoms. The number of hydrogen-bond donors (Lipinski definition) is 2. The number of nitrogens with one attached hydrogen (secondary N) is 2. The van der Waals surface area contributed by atoms with Crippen LogP contribution in [0.1, 0.15) is 32.4 Å². The van der Waals surface area contributed by atoms with Crippen LogP contribution in [0.4, 0.5) is 0 Å². The van der Waals surface area contributed by atoms with Crippen molar-refractivity contribution in [1.29, 1.82) is 0 Å². The molecule has 0 aliphatic carbocycles. The Balaban J connectivity index is 2.10. The van der Waals surface area contributed by atoms with Gasteiger partial charge in [-0.1, -0.05) is 19.9 Å². The van der Waals surface area contributed by atoms with Crippen LogP contribution in [0, 0.1) is 0 Å². The van der Waals surface area contributed by atoms with Crippen molar-refractivity contribution >= 4 is 5.57 Å². The van der Waals surface area contributed by atoms with E-state index in [1.807, 2.05) is 6.20 Å². The molecule has 0 bridgehead atoms. The number of nitrogens with zero attached hydrogens (tertiary/aromatic N) is 2. The van der Waals surface area contributed by atoms with Gasteiger partial charge in [-0.25, -0.2) is 10.4 Å². The SMILES string of the molecule is CCCNN1CC=C(c2cnc[nH]2)C=C1CC. The third-order valence-corrected chi connectivity index (χ3v) is 2.89. The number of hydrazine groups is 1. The Labute approximate surface area is 102 Å². The summed E-state index contributed by atoms with van der Waals surface area (Å²) in [6, 6.07) is 0. The van der Waals surface area contributed by atoms with Crippen LogP contribution in [0.25, 0.3) is 5.57 Å². The first kappa shape index (κ1) is 11.9. The zero-order valence-corrected chi connectivity index (χ0v) is 10.5. The molecule has 0 saturated carbocycles. The highest BCUT2D eigenvalue weighted by molar-refractivity contribution is 5.73. The molecule has 0 atom stereocenters. The van der Waals surface area contributed by atoms with Crippen molar-refractivity contribution in [1.82, 2.24) is 20.4 Å². The molecule has 1 aromatic heterocycles. The Morgan fingerprint density at radius 1 is 1.47 bits per heavy atom. The molecule has 0 unspecified atom stereocenters. The lowest BCUT2D eigenvalue weighted by molar-refractivity contribution is 0.262. The molecule has 0 fully saturated rings. The summed E-state index contributed by atoms with van der Waals surface area (Å²) in [6.45, 7) is 6.29.